The van der Waals surface area contributed by atoms with Gasteiger partial charge in [-0.3, -0.25) is 9.69 Å². The van der Waals surface area contributed by atoms with Gasteiger partial charge in [0.15, 0.2) is 5.65 Å². The van der Waals surface area contributed by atoms with Crippen molar-refractivity contribution in [2.45, 2.75) is 19.9 Å². The number of carbonyl (C=O) groups is 1. The summed E-state index contributed by atoms with van der Waals surface area (Å²) in [5, 5.41) is 7.53. The van der Waals surface area contributed by atoms with Crippen LogP contribution in [0.5, 0.6) is 5.75 Å². The zero-order chi connectivity index (χ0) is 21.1. The number of rotatable bonds is 6. The van der Waals surface area contributed by atoms with E-state index in [0.717, 1.165) is 41.4 Å². The van der Waals surface area contributed by atoms with E-state index in [1.54, 1.807) is 17.8 Å². The number of benzene rings is 1. The van der Waals surface area contributed by atoms with E-state index in [0.29, 0.717) is 25.3 Å². The third-order valence-corrected chi connectivity index (χ3v) is 5.53. The molecule has 4 rings (SSSR count). The van der Waals surface area contributed by atoms with Crippen LogP contribution in [0.1, 0.15) is 33.4 Å². The molecule has 0 spiro atoms. The smallest absolute Gasteiger partial charge is 0.254 e. The van der Waals surface area contributed by atoms with Crippen molar-refractivity contribution < 1.29 is 14.3 Å². The molecule has 1 aliphatic heterocycles. The fraction of sp³-hybridized carbons (Fsp3) is 0.409. The minimum absolute atomic E-state index is 0.0488. The number of hydrogen-bond acceptors (Lipinski definition) is 6. The van der Waals surface area contributed by atoms with Crippen molar-refractivity contribution in [1.82, 2.24) is 24.8 Å². The molecule has 1 aliphatic rings. The average molecular weight is 409 g/mol. The standard InChI is InChI=1S/C22H27N5O3/c1-15-12-21-23-13-19(16(2)27(21)25-15)22(28)24-14-20(26-8-10-30-11-9-26)17-4-6-18(29-3)7-5-17/h4-7,12-13,20H,8-11,14H2,1-3H3,(H,24,28)/t20-/m1/s1. The molecule has 0 saturated carbocycles. The Labute approximate surface area is 175 Å². The Kier molecular flexibility index (Phi) is 5.96. The molecule has 1 saturated heterocycles. The van der Waals surface area contributed by atoms with Crippen molar-refractivity contribution in [1.29, 1.82) is 0 Å². The molecule has 1 N–H and O–H groups in total. The maximum absolute atomic E-state index is 13.0. The van der Waals surface area contributed by atoms with E-state index in [-0.39, 0.29) is 11.9 Å². The largest absolute Gasteiger partial charge is 0.497 e. The number of morpholine rings is 1. The van der Waals surface area contributed by atoms with Gasteiger partial charge in [0.05, 0.1) is 43.3 Å². The molecule has 30 heavy (non-hydrogen) atoms. The first-order valence-corrected chi connectivity index (χ1v) is 10.1. The predicted octanol–water partition coefficient (Wildman–Crippen LogP) is 2.16. The molecule has 0 bridgehead atoms. The highest BCUT2D eigenvalue weighted by atomic mass is 16.5. The second-order valence-corrected chi connectivity index (χ2v) is 7.46. The van der Waals surface area contributed by atoms with Crippen LogP contribution >= 0.6 is 0 Å². The zero-order valence-corrected chi connectivity index (χ0v) is 17.6. The van der Waals surface area contributed by atoms with Crippen molar-refractivity contribution in [3.05, 3.63) is 59.0 Å². The Morgan fingerprint density at radius 1 is 1.23 bits per heavy atom. The van der Waals surface area contributed by atoms with E-state index in [9.17, 15) is 4.79 Å². The monoisotopic (exact) mass is 409 g/mol. The molecule has 158 valence electrons. The Bertz CT molecular complexity index is 1030. The Morgan fingerprint density at radius 2 is 1.97 bits per heavy atom. The van der Waals surface area contributed by atoms with Gasteiger partial charge in [0.25, 0.3) is 5.91 Å². The highest BCUT2D eigenvalue weighted by Crippen LogP contribution is 2.24. The van der Waals surface area contributed by atoms with Crippen LogP contribution in [0.3, 0.4) is 0 Å². The van der Waals surface area contributed by atoms with E-state index >= 15 is 0 Å². The molecule has 0 aliphatic carbocycles. The summed E-state index contributed by atoms with van der Waals surface area (Å²) in [6.45, 7) is 7.32. The number of ether oxygens (including phenoxy) is 2. The summed E-state index contributed by atoms with van der Waals surface area (Å²) in [6, 6.07) is 9.95. The van der Waals surface area contributed by atoms with Crippen molar-refractivity contribution >= 4 is 11.6 Å². The summed E-state index contributed by atoms with van der Waals surface area (Å²) in [5.41, 5.74) is 4.05. The van der Waals surface area contributed by atoms with E-state index in [1.807, 2.05) is 32.0 Å². The average Bonchev–Trinajstić information content (AvgIpc) is 3.16. The van der Waals surface area contributed by atoms with E-state index < -0.39 is 0 Å². The number of aromatic nitrogens is 3. The molecule has 8 heteroatoms. The Balaban J connectivity index is 1.54. The lowest BCUT2D eigenvalue weighted by Crippen LogP contribution is -2.44. The zero-order valence-electron chi connectivity index (χ0n) is 17.6. The predicted molar refractivity (Wildman–Crippen MR) is 113 cm³/mol. The van der Waals surface area contributed by atoms with Gasteiger partial charge in [0.1, 0.15) is 5.75 Å². The molecule has 1 atom stereocenters. The minimum Gasteiger partial charge on any atom is -0.497 e. The van der Waals surface area contributed by atoms with Gasteiger partial charge in [-0.15, -0.1) is 0 Å². The normalized spacial score (nSPS) is 15.8. The van der Waals surface area contributed by atoms with Gasteiger partial charge in [-0.2, -0.15) is 5.10 Å². The van der Waals surface area contributed by atoms with Gasteiger partial charge in [0, 0.05) is 31.9 Å². The number of carbonyl (C=O) groups excluding carboxylic acids is 1. The van der Waals surface area contributed by atoms with Gasteiger partial charge in [-0.05, 0) is 31.5 Å². The van der Waals surface area contributed by atoms with Gasteiger partial charge in [-0.25, -0.2) is 9.50 Å². The molecule has 1 aromatic carbocycles. The van der Waals surface area contributed by atoms with Gasteiger partial charge in [-0.1, -0.05) is 12.1 Å². The summed E-state index contributed by atoms with van der Waals surface area (Å²) >= 11 is 0. The van der Waals surface area contributed by atoms with Crippen LogP contribution in [-0.2, 0) is 4.74 Å². The second-order valence-electron chi connectivity index (χ2n) is 7.46. The quantitative estimate of drug-likeness (QED) is 0.672. The molecule has 1 amide bonds. The number of methoxy groups -OCH3 is 1. The van der Waals surface area contributed by atoms with Crippen molar-refractivity contribution in [3.8, 4) is 5.75 Å². The molecular formula is C22H27N5O3. The van der Waals surface area contributed by atoms with Crippen LogP contribution in [0.2, 0.25) is 0 Å². The topological polar surface area (TPSA) is 81.0 Å². The molecule has 3 aromatic rings. The maximum atomic E-state index is 13.0. The molecule has 2 aromatic heterocycles. The first kappa shape index (κ1) is 20.3. The fourth-order valence-electron chi connectivity index (χ4n) is 3.84. The van der Waals surface area contributed by atoms with Crippen molar-refractivity contribution in [3.63, 3.8) is 0 Å². The van der Waals surface area contributed by atoms with Crippen molar-refractivity contribution in [2.24, 2.45) is 0 Å². The second kappa shape index (κ2) is 8.81. The molecule has 0 unspecified atom stereocenters. The highest BCUT2D eigenvalue weighted by Gasteiger charge is 2.24. The third-order valence-electron chi connectivity index (χ3n) is 5.53. The number of nitrogens with one attached hydrogen (secondary N) is 1. The highest BCUT2D eigenvalue weighted by molar-refractivity contribution is 5.95. The lowest BCUT2D eigenvalue weighted by Gasteiger charge is -2.35. The SMILES string of the molecule is COc1ccc([C@@H](CNC(=O)c2cnc3cc(C)nn3c2C)N2CCOCC2)cc1. The van der Waals surface area contributed by atoms with Crippen LogP contribution in [0.15, 0.2) is 36.5 Å². The Morgan fingerprint density at radius 3 is 2.67 bits per heavy atom. The summed E-state index contributed by atoms with van der Waals surface area (Å²) in [7, 11) is 1.66. The van der Waals surface area contributed by atoms with E-state index in [4.69, 9.17) is 9.47 Å². The number of amides is 1. The van der Waals surface area contributed by atoms with Gasteiger partial charge < -0.3 is 14.8 Å². The first-order chi connectivity index (χ1) is 14.6. The summed E-state index contributed by atoms with van der Waals surface area (Å²) in [4.78, 5) is 19.7. The number of nitrogens with zero attached hydrogens (tertiary/aromatic N) is 4. The van der Waals surface area contributed by atoms with Crippen LogP contribution in [-0.4, -0.2) is 65.4 Å². The van der Waals surface area contributed by atoms with E-state index in [1.165, 1.54) is 0 Å². The maximum Gasteiger partial charge on any atom is 0.254 e. The lowest BCUT2D eigenvalue weighted by atomic mass is 10.0. The first-order valence-electron chi connectivity index (χ1n) is 10.1. The van der Waals surface area contributed by atoms with Crippen LogP contribution in [0.25, 0.3) is 5.65 Å². The number of aryl methyl sites for hydroxylation is 2. The van der Waals surface area contributed by atoms with Gasteiger partial charge >= 0.3 is 0 Å². The summed E-state index contributed by atoms with van der Waals surface area (Å²) in [6.07, 6.45) is 1.62. The molecule has 8 nitrogen and oxygen atoms in total. The van der Waals surface area contributed by atoms with Crippen LogP contribution in [0, 0.1) is 13.8 Å². The molecular weight excluding hydrogens is 382 g/mol. The summed E-state index contributed by atoms with van der Waals surface area (Å²) < 4.78 is 12.5. The van der Waals surface area contributed by atoms with Crippen LogP contribution in [0.4, 0.5) is 0 Å². The van der Waals surface area contributed by atoms with Gasteiger partial charge in [0.2, 0.25) is 0 Å². The minimum atomic E-state index is -0.151. The van der Waals surface area contributed by atoms with E-state index in [2.05, 4.69) is 32.4 Å². The molecule has 0 radical (unpaired) electrons. The Hall–Kier alpha value is -2.97. The third kappa shape index (κ3) is 4.15. The lowest BCUT2D eigenvalue weighted by molar-refractivity contribution is 0.0162. The molecule has 1 fully saturated rings. The number of hydrogen-bond donors (Lipinski definition) is 1. The number of fused-ring (bicyclic) bond motifs is 1. The van der Waals surface area contributed by atoms with Crippen molar-refractivity contribution in [2.75, 3.05) is 40.0 Å². The fourth-order valence-corrected chi connectivity index (χ4v) is 3.84. The summed E-state index contributed by atoms with van der Waals surface area (Å²) in [5.74, 6) is 0.662. The molecule has 3 heterocycles. The van der Waals surface area contributed by atoms with Crippen LogP contribution < -0.4 is 10.1 Å².